The Hall–Kier alpha value is -3.29. The Balaban J connectivity index is 1.46. The van der Waals surface area contributed by atoms with E-state index in [1.165, 1.54) is 16.7 Å². The zero-order valence-electron chi connectivity index (χ0n) is 23.3. The Labute approximate surface area is 231 Å². The number of phenolic OH excluding ortho intramolecular Hbond substituents is 1. The SMILES string of the molecule is CCN(Cc1ccc(OCCNCCCOC)c(F)c1)c1cc(OC)ccc1C1CCc2cc(O)ccc2C1. The minimum atomic E-state index is -0.346. The van der Waals surface area contributed by atoms with E-state index in [2.05, 4.69) is 29.3 Å². The monoisotopic (exact) mass is 536 g/mol. The standard InChI is InChI=1S/C32H41FN2O4/c1-4-35(22-23-6-13-32(30(33)18-23)39-17-15-34-14-5-16-37-2)31-21-28(38-3)11-12-29(31)26-8-7-25-20-27(36)10-9-24(25)19-26/h6,9-13,18,20-21,26,34,36H,4-5,7-8,14-17,19,22H2,1-3H3. The fraction of sp³-hybridized carbons (Fsp3) is 0.438. The molecule has 0 aromatic heterocycles. The number of rotatable bonds is 14. The number of methoxy groups -OCH3 is 2. The molecule has 0 fully saturated rings. The zero-order chi connectivity index (χ0) is 27.6. The van der Waals surface area contributed by atoms with E-state index in [1.54, 1.807) is 32.4 Å². The molecule has 39 heavy (non-hydrogen) atoms. The molecule has 0 spiro atoms. The molecule has 6 nitrogen and oxygen atoms in total. The first kappa shape index (κ1) is 28.7. The van der Waals surface area contributed by atoms with Gasteiger partial charge in [-0.2, -0.15) is 0 Å². The lowest BCUT2D eigenvalue weighted by molar-refractivity contribution is 0.193. The van der Waals surface area contributed by atoms with Crippen LogP contribution in [0.2, 0.25) is 0 Å². The molecule has 1 atom stereocenters. The van der Waals surface area contributed by atoms with Crippen LogP contribution in [0.25, 0.3) is 0 Å². The van der Waals surface area contributed by atoms with Crippen molar-refractivity contribution in [1.82, 2.24) is 5.32 Å². The van der Waals surface area contributed by atoms with Crippen molar-refractivity contribution in [3.8, 4) is 17.2 Å². The molecule has 1 unspecified atom stereocenters. The molecule has 1 aliphatic carbocycles. The first-order valence-electron chi connectivity index (χ1n) is 13.9. The number of nitrogens with one attached hydrogen (secondary N) is 1. The number of aryl methyl sites for hydroxylation is 1. The van der Waals surface area contributed by atoms with E-state index < -0.39 is 0 Å². The molecule has 0 amide bonds. The van der Waals surface area contributed by atoms with Crippen molar-refractivity contribution < 1.29 is 23.7 Å². The van der Waals surface area contributed by atoms with E-state index in [1.807, 2.05) is 24.3 Å². The van der Waals surface area contributed by atoms with Crippen molar-refractivity contribution in [3.05, 3.63) is 82.7 Å². The van der Waals surface area contributed by atoms with Gasteiger partial charge in [-0.05, 0) is 97.7 Å². The number of nitrogens with zero attached hydrogens (tertiary/aromatic N) is 1. The largest absolute Gasteiger partial charge is 0.508 e. The van der Waals surface area contributed by atoms with Crippen molar-refractivity contribution in [2.45, 2.75) is 45.1 Å². The zero-order valence-corrected chi connectivity index (χ0v) is 23.3. The normalized spacial score (nSPS) is 14.6. The van der Waals surface area contributed by atoms with E-state index in [9.17, 15) is 9.50 Å². The minimum absolute atomic E-state index is 0.273. The second-order valence-electron chi connectivity index (χ2n) is 10.0. The maximum Gasteiger partial charge on any atom is 0.165 e. The molecular formula is C32H41FN2O4. The summed E-state index contributed by atoms with van der Waals surface area (Å²) in [6, 6.07) is 17.2. The van der Waals surface area contributed by atoms with Crippen LogP contribution in [0.15, 0.2) is 54.6 Å². The summed E-state index contributed by atoms with van der Waals surface area (Å²) in [6.07, 6.45) is 3.80. The number of aromatic hydroxyl groups is 1. The fourth-order valence-electron chi connectivity index (χ4n) is 5.32. The molecule has 0 aliphatic heterocycles. The lowest BCUT2D eigenvalue weighted by atomic mass is 9.79. The van der Waals surface area contributed by atoms with Gasteiger partial charge in [0.15, 0.2) is 11.6 Å². The molecule has 7 heteroatoms. The van der Waals surface area contributed by atoms with Crippen LogP contribution >= 0.6 is 0 Å². The Bertz CT molecular complexity index is 1220. The second kappa shape index (κ2) is 14.2. The van der Waals surface area contributed by atoms with E-state index >= 15 is 0 Å². The highest BCUT2D eigenvalue weighted by molar-refractivity contribution is 5.60. The van der Waals surface area contributed by atoms with E-state index in [0.717, 1.165) is 62.4 Å². The van der Waals surface area contributed by atoms with Crippen LogP contribution in [-0.4, -0.2) is 52.2 Å². The van der Waals surface area contributed by atoms with Crippen molar-refractivity contribution in [3.63, 3.8) is 0 Å². The molecule has 0 bridgehead atoms. The maximum absolute atomic E-state index is 14.9. The number of hydrogen-bond donors (Lipinski definition) is 2. The van der Waals surface area contributed by atoms with Gasteiger partial charge in [-0.25, -0.2) is 4.39 Å². The summed E-state index contributed by atoms with van der Waals surface area (Å²) in [7, 11) is 3.37. The summed E-state index contributed by atoms with van der Waals surface area (Å²) in [5.41, 5.74) is 5.79. The van der Waals surface area contributed by atoms with Gasteiger partial charge in [0.05, 0.1) is 7.11 Å². The Kier molecular flexibility index (Phi) is 10.5. The number of hydrogen-bond acceptors (Lipinski definition) is 6. The van der Waals surface area contributed by atoms with Gasteiger partial charge in [0.25, 0.3) is 0 Å². The summed E-state index contributed by atoms with van der Waals surface area (Å²) < 4.78 is 31.2. The lowest BCUT2D eigenvalue weighted by Crippen LogP contribution is -2.25. The molecule has 210 valence electrons. The molecule has 3 aromatic carbocycles. The van der Waals surface area contributed by atoms with Crippen LogP contribution in [-0.2, 0) is 24.1 Å². The summed E-state index contributed by atoms with van der Waals surface area (Å²) in [5.74, 6) is 1.41. The Morgan fingerprint density at radius 3 is 2.64 bits per heavy atom. The molecular weight excluding hydrogens is 495 g/mol. The number of anilines is 1. The third-order valence-electron chi connectivity index (χ3n) is 7.43. The third kappa shape index (κ3) is 7.64. The van der Waals surface area contributed by atoms with E-state index in [0.29, 0.717) is 31.4 Å². The van der Waals surface area contributed by atoms with Gasteiger partial charge in [-0.3, -0.25) is 0 Å². The van der Waals surface area contributed by atoms with Gasteiger partial charge >= 0.3 is 0 Å². The highest BCUT2D eigenvalue weighted by atomic mass is 19.1. The summed E-state index contributed by atoms with van der Waals surface area (Å²) >= 11 is 0. The molecule has 4 rings (SSSR count). The highest BCUT2D eigenvalue weighted by Crippen LogP contribution is 2.40. The first-order valence-corrected chi connectivity index (χ1v) is 13.9. The van der Waals surface area contributed by atoms with Crippen molar-refractivity contribution >= 4 is 5.69 Å². The average Bonchev–Trinajstić information content (AvgIpc) is 2.95. The Morgan fingerprint density at radius 2 is 1.87 bits per heavy atom. The number of halogens is 1. The second-order valence-corrected chi connectivity index (χ2v) is 10.0. The van der Waals surface area contributed by atoms with Crippen LogP contribution in [0.4, 0.5) is 10.1 Å². The molecule has 0 saturated carbocycles. The maximum atomic E-state index is 14.9. The van der Waals surface area contributed by atoms with Gasteiger partial charge in [0.1, 0.15) is 18.1 Å². The molecule has 2 N–H and O–H groups in total. The predicted molar refractivity (Wildman–Crippen MR) is 154 cm³/mol. The molecule has 3 aromatic rings. The van der Waals surface area contributed by atoms with Crippen LogP contribution in [0, 0.1) is 5.82 Å². The topological polar surface area (TPSA) is 63.2 Å². The van der Waals surface area contributed by atoms with Gasteiger partial charge < -0.3 is 29.5 Å². The van der Waals surface area contributed by atoms with Crippen LogP contribution in [0.5, 0.6) is 17.2 Å². The summed E-state index contributed by atoms with van der Waals surface area (Å²) in [6.45, 7) is 6.08. The number of ether oxygens (including phenoxy) is 3. The predicted octanol–water partition coefficient (Wildman–Crippen LogP) is 5.84. The third-order valence-corrected chi connectivity index (χ3v) is 7.43. The molecule has 0 saturated heterocycles. The highest BCUT2D eigenvalue weighted by Gasteiger charge is 2.25. The van der Waals surface area contributed by atoms with Crippen LogP contribution in [0.1, 0.15) is 47.9 Å². The molecule has 0 heterocycles. The average molecular weight is 537 g/mol. The lowest BCUT2D eigenvalue weighted by Gasteiger charge is -2.32. The van der Waals surface area contributed by atoms with Crippen molar-refractivity contribution in [2.24, 2.45) is 0 Å². The van der Waals surface area contributed by atoms with Gasteiger partial charge in [-0.15, -0.1) is 0 Å². The van der Waals surface area contributed by atoms with E-state index in [-0.39, 0.29) is 11.6 Å². The van der Waals surface area contributed by atoms with Crippen molar-refractivity contribution in [2.75, 3.05) is 52.0 Å². The van der Waals surface area contributed by atoms with Crippen molar-refractivity contribution in [1.29, 1.82) is 0 Å². The molecule has 1 aliphatic rings. The van der Waals surface area contributed by atoms with E-state index in [4.69, 9.17) is 14.2 Å². The number of fused-ring (bicyclic) bond motifs is 1. The Morgan fingerprint density at radius 1 is 1.00 bits per heavy atom. The smallest absolute Gasteiger partial charge is 0.165 e. The summed E-state index contributed by atoms with van der Waals surface area (Å²) in [4.78, 5) is 2.28. The number of benzene rings is 3. The van der Waals surface area contributed by atoms with Gasteiger partial charge in [0, 0.05) is 45.1 Å². The summed E-state index contributed by atoms with van der Waals surface area (Å²) in [5, 5.41) is 13.2. The fourth-order valence-corrected chi connectivity index (χ4v) is 5.32. The quantitative estimate of drug-likeness (QED) is 0.252. The first-order chi connectivity index (χ1) is 19.0. The van der Waals surface area contributed by atoms with Gasteiger partial charge in [0.2, 0.25) is 0 Å². The molecule has 0 radical (unpaired) electrons. The van der Waals surface area contributed by atoms with Crippen LogP contribution in [0.3, 0.4) is 0 Å². The van der Waals surface area contributed by atoms with Gasteiger partial charge in [-0.1, -0.05) is 18.2 Å². The minimum Gasteiger partial charge on any atom is -0.508 e. The van der Waals surface area contributed by atoms with Crippen LogP contribution < -0.4 is 19.7 Å². The number of phenols is 1.